The molecule has 43 heavy (non-hydrogen) atoms. The average Bonchev–Trinajstić information content (AvgIpc) is 3.32. The lowest BCUT2D eigenvalue weighted by molar-refractivity contribution is -0.436. The van der Waals surface area contributed by atoms with E-state index in [4.69, 9.17) is 16.3 Å². The zero-order chi connectivity index (χ0) is 30.9. The highest BCUT2D eigenvalue weighted by atomic mass is 35.5. The fourth-order valence-electron chi connectivity index (χ4n) is 6.19. The van der Waals surface area contributed by atoms with Crippen molar-refractivity contribution in [1.82, 2.24) is 0 Å². The van der Waals surface area contributed by atoms with Crippen molar-refractivity contribution in [2.24, 2.45) is 0 Å². The SMILES string of the molecule is CC1(C)C(/C=C/C2=C(Cl)C(=C/C=C3/N(CCC(=O)O)c4ccccc4C3(C)C)/OC=C2)=[N+](CCC(=O)O)c2ccccc21. The number of carboxylic acids is 2. The molecule has 3 aliphatic heterocycles. The van der Waals surface area contributed by atoms with Crippen LogP contribution in [0.1, 0.15) is 51.7 Å². The Bertz CT molecular complexity index is 1670. The van der Waals surface area contributed by atoms with E-state index in [-0.39, 0.29) is 23.7 Å². The first kappa shape index (κ1) is 30.1. The molecule has 0 saturated heterocycles. The second-order valence-corrected chi connectivity index (χ2v) is 12.2. The monoisotopic (exact) mass is 599 g/mol. The maximum absolute atomic E-state index is 11.4. The summed E-state index contributed by atoms with van der Waals surface area (Å²) in [5.74, 6) is -1.22. The van der Waals surface area contributed by atoms with Crippen molar-refractivity contribution in [3.05, 3.63) is 118 Å². The zero-order valence-corrected chi connectivity index (χ0v) is 25.6. The molecular formula is C35H36ClN2O5+. The Morgan fingerprint density at radius 2 is 1.58 bits per heavy atom. The Hall–Kier alpha value is -4.36. The predicted molar refractivity (Wildman–Crippen MR) is 169 cm³/mol. The molecule has 3 aliphatic rings. The summed E-state index contributed by atoms with van der Waals surface area (Å²) in [5.41, 5.74) is 6.29. The lowest BCUT2D eigenvalue weighted by atomic mass is 9.81. The molecule has 0 radical (unpaired) electrons. The first-order chi connectivity index (χ1) is 20.4. The lowest BCUT2D eigenvalue weighted by Crippen LogP contribution is -2.28. The van der Waals surface area contributed by atoms with Crippen molar-refractivity contribution in [1.29, 1.82) is 0 Å². The maximum Gasteiger partial charge on any atom is 0.309 e. The number of benzene rings is 2. The average molecular weight is 600 g/mol. The Morgan fingerprint density at radius 3 is 2.30 bits per heavy atom. The van der Waals surface area contributed by atoms with E-state index >= 15 is 0 Å². The molecule has 3 heterocycles. The summed E-state index contributed by atoms with van der Waals surface area (Å²) >= 11 is 6.88. The van der Waals surface area contributed by atoms with Gasteiger partial charge in [-0.15, -0.1) is 0 Å². The summed E-state index contributed by atoms with van der Waals surface area (Å²) < 4.78 is 7.90. The summed E-state index contributed by atoms with van der Waals surface area (Å²) in [6.45, 7) is 9.22. The van der Waals surface area contributed by atoms with Gasteiger partial charge in [0, 0.05) is 46.6 Å². The van der Waals surface area contributed by atoms with Gasteiger partial charge in [-0.05, 0) is 49.8 Å². The molecule has 8 heteroatoms. The summed E-state index contributed by atoms with van der Waals surface area (Å²) in [4.78, 5) is 24.9. The predicted octanol–water partition coefficient (Wildman–Crippen LogP) is 7.17. The minimum absolute atomic E-state index is 0.00962. The van der Waals surface area contributed by atoms with Crippen molar-refractivity contribution in [3.63, 3.8) is 0 Å². The van der Waals surface area contributed by atoms with Gasteiger partial charge in [0.2, 0.25) is 5.69 Å². The number of rotatable bonds is 9. The highest BCUT2D eigenvalue weighted by Gasteiger charge is 2.44. The van der Waals surface area contributed by atoms with Crippen LogP contribution >= 0.6 is 11.6 Å². The molecule has 0 amide bonds. The quantitative estimate of drug-likeness (QED) is 0.297. The first-order valence-corrected chi connectivity index (χ1v) is 14.7. The van der Waals surface area contributed by atoms with Crippen LogP contribution in [0.5, 0.6) is 0 Å². The summed E-state index contributed by atoms with van der Waals surface area (Å²) in [6, 6.07) is 16.1. The van der Waals surface area contributed by atoms with Gasteiger partial charge in [0.25, 0.3) is 0 Å². The van der Waals surface area contributed by atoms with Crippen molar-refractivity contribution in [3.8, 4) is 0 Å². The van der Waals surface area contributed by atoms with Crippen molar-refractivity contribution in [2.45, 2.75) is 51.4 Å². The van der Waals surface area contributed by atoms with E-state index in [1.54, 1.807) is 12.3 Å². The highest BCUT2D eigenvalue weighted by Crippen LogP contribution is 2.48. The van der Waals surface area contributed by atoms with Gasteiger partial charge >= 0.3 is 11.9 Å². The van der Waals surface area contributed by atoms with E-state index in [0.717, 1.165) is 39.5 Å². The molecule has 0 aliphatic carbocycles. The third-order valence-corrected chi connectivity index (χ3v) is 8.83. The normalized spacial score (nSPS) is 20.3. The number of para-hydroxylation sites is 2. The van der Waals surface area contributed by atoms with Gasteiger partial charge < -0.3 is 19.8 Å². The van der Waals surface area contributed by atoms with Crippen LogP contribution in [-0.2, 0) is 25.2 Å². The number of nitrogens with zero attached hydrogens (tertiary/aromatic N) is 2. The van der Waals surface area contributed by atoms with Crippen molar-refractivity contribution < 1.29 is 29.1 Å². The molecule has 0 spiro atoms. The van der Waals surface area contributed by atoms with Gasteiger partial charge in [-0.2, -0.15) is 4.58 Å². The third kappa shape index (κ3) is 5.69. The minimum Gasteiger partial charge on any atom is -0.481 e. The molecule has 0 bridgehead atoms. The molecule has 2 N–H and O–H groups in total. The van der Waals surface area contributed by atoms with Gasteiger partial charge in [-0.3, -0.25) is 9.59 Å². The Labute approximate surface area is 257 Å². The first-order valence-electron chi connectivity index (χ1n) is 14.3. The van der Waals surface area contributed by atoms with E-state index in [2.05, 4.69) is 49.3 Å². The molecule has 0 unspecified atom stereocenters. The van der Waals surface area contributed by atoms with Gasteiger partial charge in [0.05, 0.1) is 23.1 Å². The van der Waals surface area contributed by atoms with Crippen LogP contribution < -0.4 is 4.90 Å². The van der Waals surface area contributed by atoms with Gasteiger partial charge in [0.15, 0.2) is 12.3 Å². The second-order valence-electron chi connectivity index (χ2n) is 11.9. The number of hydrogen-bond acceptors (Lipinski definition) is 4. The molecule has 0 atom stereocenters. The molecule has 0 fully saturated rings. The van der Waals surface area contributed by atoms with E-state index in [1.807, 2.05) is 60.7 Å². The molecule has 7 nitrogen and oxygen atoms in total. The summed E-state index contributed by atoms with van der Waals surface area (Å²) in [6.07, 6.45) is 11.2. The summed E-state index contributed by atoms with van der Waals surface area (Å²) in [7, 11) is 0. The molecule has 0 aromatic heterocycles. The standard InChI is InChI=1S/C35H35ClN2O5/c1-34(2)24-9-5-7-11-26(24)37(20-17-31(39)40)29(34)15-13-23-19-22-43-28(33(23)36)14-16-30-35(3,4)25-10-6-8-12-27(25)38(30)21-18-32(41)42/h5-16,19,22H,17-18,20-21H2,1-4H3,(H-,39,40,41,42)/p+1. The molecular weight excluding hydrogens is 564 g/mol. The number of anilines is 1. The number of carboxylic acid groups (broad SMARTS) is 2. The Kier molecular flexibility index (Phi) is 8.21. The molecule has 2 aromatic rings. The van der Waals surface area contributed by atoms with Gasteiger partial charge in [-0.1, -0.05) is 61.8 Å². The number of hydrogen-bond donors (Lipinski definition) is 2. The zero-order valence-electron chi connectivity index (χ0n) is 24.8. The van der Waals surface area contributed by atoms with Crippen molar-refractivity contribution in [2.75, 3.05) is 18.0 Å². The van der Waals surface area contributed by atoms with E-state index in [9.17, 15) is 19.8 Å². The molecule has 222 valence electrons. The smallest absolute Gasteiger partial charge is 0.309 e. The van der Waals surface area contributed by atoms with Gasteiger partial charge in [0.1, 0.15) is 12.2 Å². The lowest BCUT2D eigenvalue weighted by Gasteiger charge is -2.26. The largest absolute Gasteiger partial charge is 0.481 e. The van der Waals surface area contributed by atoms with Crippen LogP contribution in [0.25, 0.3) is 0 Å². The fourth-order valence-corrected chi connectivity index (χ4v) is 6.42. The van der Waals surface area contributed by atoms with Crippen molar-refractivity contribution >= 4 is 40.6 Å². The molecule has 5 rings (SSSR count). The van der Waals surface area contributed by atoms with Crippen LogP contribution in [0.3, 0.4) is 0 Å². The number of allylic oxidation sites excluding steroid dienone is 8. The van der Waals surface area contributed by atoms with E-state index < -0.39 is 11.9 Å². The fraction of sp³-hybridized carbons (Fsp3) is 0.286. The Morgan fingerprint density at radius 1 is 0.907 bits per heavy atom. The number of halogens is 1. The summed E-state index contributed by atoms with van der Waals surface area (Å²) in [5, 5.41) is 19.2. The molecule has 0 saturated carbocycles. The van der Waals surface area contributed by atoms with Crippen LogP contribution in [0.4, 0.5) is 11.4 Å². The Balaban J connectivity index is 1.49. The van der Waals surface area contributed by atoms with Crippen LogP contribution in [0, 0.1) is 0 Å². The topological polar surface area (TPSA) is 90.1 Å². The van der Waals surface area contributed by atoms with E-state index in [1.165, 1.54) is 0 Å². The number of aliphatic carboxylic acids is 2. The van der Waals surface area contributed by atoms with E-state index in [0.29, 0.717) is 23.9 Å². The van der Waals surface area contributed by atoms with Crippen LogP contribution in [0.15, 0.2) is 107 Å². The number of carbonyl (C=O) groups is 2. The second kappa shape index (κ2) is 11.7. The third-order valence-electron chi connectivity index (χ3n) is 8.42. The van der Waals surface area contributed by atoms with Crippen LogP contribution in [0.2, 0.25) is 0 Å². The van der Waals surface area contributed by atoms with Crippen LogP contribution in [-0.4, -0.2) is 45.5 Å². The molecule has 2 aromatic carbocycles. The maximum atomic E-state index is 11.4. The number of ether oxygens (including phenoxy) is 1. The minimum atomic E-state index is -0.851. The van der Waals surface area contributed by atoms with Gasteiger partial charge in [-0.25, -0.2) is 0 Å². The highest BCUT2D eigenvalue weighted by molar-refractivity contribution is 6.32. The number of fused-ring (bicyclic) bond motifs is 2.